The van der Waals surface area contributed by atoms with Gasteiger partial charge in [-0.2, -0.15) is 0 Å². The highest BCUT2D eigenvalue weighted by molar-refractivity contribution is 5.13. The van der Waals surface area contributed by atoms with E-state index in [0.29, 0.717) is 13.2 Å². The van der Waals surface area contributed by atoms with E-state index in [-0.39, 0.29) is 31.0 Å². The van der Waals surface area contributed by atoms with Crippen molar-refractivity contribution in [3.05, 3.63) is 35.9 Å². The number of fused-ring (bicyclic) bond motifs is 1. The van der Waals surface area contributed by atoms with Gasteiger partial charge in [-0.15, -0.1) is 0 Å². The second-order valence-corrected chi connectivity index (χ2v) is 5.96. The minimum atomic E-state index is -0.635. The number of hydrogen-bond acceptors (Lipinski definition) is 5. The summed E-state index contributed by atoms with van der Waals surface area (Å²) in [5.41, 5.74) is 1.12. The first-order chi connectivity index (χ1) is 10.1. The quantitative estimate of drug-likeness (QED) is 0.891. The van der Waals surface area contributed by atoms with Gasteiger partial charge in [-0.1, -0.05) is 30.3 Å². The van der Waals surface area contributed by atoms with Gasteiger partial charge < -0.3 is 24.1 Å². The third kappa shape index (κ3) is 3.27. The van der Waals surface area contributed by atoms with Gasteiger partial charge in [0, 0.05) is 0 Å². The van der Waals surface area contributed by atoms with Crippen molar-refractivity contribution in [3.63, 3.8) is 0 Å². The molecular formula is C16H22O5. The summed E-state index contributed by atoms with van der Waals surface area (Å²) in [4.78, 5) is 0. The molecule has 116 valence electrons. The molecule has 0 amide bonds. The molecule has 0 unspecified atom stereocenters. The van der Waals surface area contributed by atoms with Crippen LogP contribution in [0.3, 0.4) is 0 Å². The van der Waals surface area contributed by atoms with Crippen LogP contribution in [0.15, 0.2) is 30.3 Å². The fourth-order valence-corrected chi connectivity index (χ4v) is 2.92. The number of ether oxygens (including phenoxy) is 4. The molecule has 2 aliphatic rings. The summed E-state index contributed by atoms with van der Waals surface area (Å²) in [6.07, 6.45) is -0.969. The highest BCUT2D eigenvalue weighted by Crippen LogP contribution is 2.38. The second kappa shape index (κ2) is 6.02. The lowest BCUT2D eigenvalue weighted by Crippen LogP contribution is -2.33. The van der Waals surface area contributed by atoms with E-state index in [1.807, 2.05) is 44.2 Å². The molecular weight excluding hydrogens is 272 g/mol. The standard InChI is InChI=1S/C16H22O5/c1-16(2)20-14-12(8-17)19-13(15(14)21-16)10-18-9-11-6-4-3-5-7-11/h3-7,12-15,17H,8-10H2,1-2H3/t12-,13-,14+,15-/m1/s1. The third-order valence-corrected chi connectivity index (χ3v) is 3.82. The van der Waals surface area contributed by atoms with Crippen LogP contribution in [0.1, 0.15) is 19.4 Å². The lowest BCUT2D eigenvalue weighted by Gasteiger charge is -2.23. The predicted molar refractivity (Wildman–Crippen MR) is 75.7 cm³/mol. The molecule has 0 bridgehead atoms. The lowest BCUT2D eigenvalue weighted by atomic mass is 10.1. The van der Waals surface area contributed by atoms with Crippen LogP contribution in [0.4, 0.5) is 0 Å². The smallest absolute Gasteiger partial charge is 0.164 e. The van der Waals surface area contributed by atoms with E-state index in [1.54, 1.807) is 0 Å². The van der Waals surface area contributed by atoms with E-state index in [1.165, 1.54) is 0 Å². The van der Waals surface area contributed by atoms with Crippen molar-refractivity contribution in [2.75, 3.05) is 13.2 Å². The van der Waals surface area contributed by atoms with Crippen molar-refractivity contribution in [1.29, 1.82) is 0 Å². The number of aliphatic hydroxyl groups is 1. The molecule has 1 aromatic carbocycles. The molecule has 0 aliphatic carbocycles. The zero-order valence-electron chi connectivity index (χ0n) is 12.4. The summed E-state index contributed by atoms with van der Waals surface area (Å²) >= 11 is 0. The molecule has 0 radical (unpaired) electrons. The summed E-state index contributed by atoms with van der Waals surface area (Å²) in [7, 11) is 0. The number of benzene rings is 1. The van der Waals surface area contributed by atoms with Crippen LogP contribution in [0, 0.1) is 0 Å². The van der Waals surface area contributed by atoms with E-state index < -0.39 is 5.79 Å². The van der Waals surface area contributed by atoms with Crippen LogP contribution in [0.2, 0.25) is 0 Å². The first-order valence-electron chi connectivity index (χ1n) is 7.33. The average Bonchev–Trinajstić information content (AvgIpc) is 2.94. The molecule has 0 spiro atoms. The van der Waals surface area contributed by atoms with Gasteiger partial charge in [0.05, 0.1) is 19.8 Å². The zero-order chi connectivity index (χ0) is 14.9. The van der Waals surface area contributed by atoms with Gasteiger partial charge in [0.2, 0.25) is 0 Å². The molecule has 5 heteroatoms. The van der Waals surface area contributed by atoms with Crippen molar-refractivity contribution >= 4 is 0 Å². The minimum Gasteiger partial charge on any atom is -0.394 e. The van der Waals surface area contributed by atoms with Crippen LogP contribution >= 0.6 is 0 Å². The molecule has 5 nitrogen and oxygen atoms in total. The Hall–Kier alpha value is -0.980. The molecule has 2 saturated heterocycles. The van der Waals surface area contributed by atoms with Crippen LogP contribution < -0.4 is 0 Å². The molecule has 0 saturated carbocycles. The summed E-state index contributed by atoms with van der Waals surface area (Å²) in [5.74, 6) is -0.635. The van der Waals surface area contributed by atoms with Gasteiger partial charge in [0.15, 0.2) is 5.79 Å². The minimum absolute atomic E-state index is 0.0736. The van der Waals surface area contributed by atoms with Crippen molar-refractivity contribution in [1.82, 2.24) is 0 Å². The van der Waals surface area contributed by atoms with Gasteiger partial charge in [0.25, 0.3) is 0 Å². The normalized spacial score (nSPS) is 34.0. The number of aliphatic hydroxyl groups excluding tert-OH is 1. The summed E-state index contributed by atoms with van der Waals surface area (Å²) in [6.45, 7) is 4.64. The van der Waals surface area contributed by atoms with Crippen LogP contribution in [-0.2, 0) is 25.6 Å². The Morgan fingerprint density at radius 2 is 1.76 bits per heavy atom. The van der Waals surface area contributed by atoms with Crippen LogP contribution in [-0.4, -0.2) is 48.5 Å². The Kier molecular flexibility index (Phi) is 4.28. The predicted octanol–water partition coefficient (Wildman–Crippen LogP) is 1.48. The fourth-order valence-electron chi connectivity index (χ4n) is 2.92. The molecule has 2 heterocycles. The molecule has 3 rings (SSSR count). The Labute approximate surface area is 124 Å². The van der Waals surface area contributed by atoms with Crippen molar-refractivity contribution in [3.8, 4) is 0 Å². The lowest BCUT2D eigenvalue weighted by molar-refractivity contribution is -0.195. The highest BCUT2D eigenvalue weighted by Gasteiger charge is 2.54. The first-order valence-corrected chi connectivity index (χ1v) is 7.33. The zero-order valence-corrected chi connectivity index (χ0v) is 12.4. The van der Waals surface area contributed by atoms with Crippen LogP contribution in [0.5, 0.6) is 0 Å². The maximum Gasteiger partial charge on any atom is 0.164 e. The Morgan fingerprint density at radius 3 is 2.43 bits per heavy atom. The van der Waals surface area contributed by atoms with Gasteiger partial charge in [-0.3, -0.25) is 0 Å². The average molecular weight is 294 g/mol. The number of rotatable bonds is 5. The first kappa shape index (κ1) is 14.9. The van der Waals surface area contributed by atoms with Crippen LogP contribution in [0.25, 0.3) is 0 Å². The topological polar surface area (TPSA) is 57.2 Å². The SMILES string of the molecule is CC1(C)O[C@@H]2[C@H](O1)[C@@H](COCc1ccccc1)O[C@@H]2CO. The van der Waals surface area contributed by atoms with E-state index in [0.717, 1.165) is 5.56 Å². The van der Waals surface area contributed by atoms with E-state index >= 15 is 0 Å². The van der Waals surface area contributed by atoms with Gasteiger partial charge in [-0.25, -0.2) is 0 Å². The van der Waals surface area contributed by atoms with E-state index in [4.69, 9.17) is 18.9 Å². The maximum atomic E-state index is 9.40. The second-order valence-electron chi connectivity index (χ2n) is 5.96. The molecule has 4 atom stereocenters. The van der Waals surface area contributed by atoms with Gasteiger partial charge >= 0.3 is 0 Å². The largest absolute Gasteiger partial charge is 0.394 e. The van der Waals surface area contributed by atoms with E-state index in [2.05, 4.69) is 0 Å². The Bertz CT molecular complexity index is 461. The van der Waals surface area contributed by atoms with Gasteiger partial charge in [-0.05, 0) is 19.4 Å². The molecule has 1 aromatic rings. The molecule has 2 fully saturated rings. The summed E-state index contributed by atoms with van der Waals surface area (Å²) in [6, 6.07) is 9.99. The van der Waals surface area contributed by atoms with Crippen molar-refractivity contribution in [2.45, 2.75) is 50.7 Å². The molecule has 21 heavy (non-hydrogen) atoms. The number of hydrogen-bond donors (Lipinski definition) is 1. The molecule has 0 aromatic heterocycles. The van der Waals surface area contributed by atoms with E-state index in [9.17, 15) is 5.11 Å². The van der Waals surface area contributed by atoms with Gasteiger partial charge in [0.1, 0.15) is 24.4 Å². The fraction of sp³-hybridized carbons (Fsp3) is 0.625. The monoisotopic (exact) mass is 294 g/mol. The van der Waals surface area contributed by atoms with Crippen molar-refractivity contribution < 1.29 is 24.1 Å². The summed E-state index contributed by atoms with van der Waals surface area (Å²) in [5, 5.41) is 9.40. The maximum absolute atomic E-state index is 9.40. The Balaban J connectivity index is 1.56. The summed E-state index contributed by atoms with van der Waals surface area (Å²) < 4.78 is 23.2. The Morgan fingerprint density at radius 1 is 1.10 bits per heavy atom. The molecule has 2 aliphatic heterocycles. The van der Waals surface area contributed by atoms with Crippen molar-refractivity contribution in [2.24, 2.45) is 0 Å². The highest BCUT2D eigenvalue weighted by atomic mass is 16.8. The molecule has 1 N–H and O–H groups in total. The third-order valence-electron chi connectivity index (χ3n) is 3.82.